The van der Waals surface area contributed by atoms with E-state index in [1.165, 1.54) is 18.4 Å². The number of rotatable bonds is 5. The third-order valence-corrected chi connectivity index (χ3v) is 6.27. The summed E-state index contributed by atoms with van der Waals surface area (Å²) in [5.74, 6) is 0.996. The lowest BCUT2D eigenvalue weighted by Gasteiger charge is -2.26. The summed E-state index contributed by atoms with van der Waals surface area (Å²) in [5, 5.41) is 7.30. The van der Waals surface area contributed by atoms with Gasteiger partial charge in [0, 0.05) is 25.7 Å². The zero-order valence-electron chi connectivity index (χ0n) is 19.3. The Bertz CT molecular complexity index is 1240. The van der Waals surface area contributed by atoms with Gasteiger partial charge in [-0.25, -0.2) is 9.97 Å². The van der Waals surface area contributed by atoms with Crippen molar-refractivity contribution in [1.82, 2.24) is 20.3 Å². The van der Waals surface area contributed by atoms with Gasteiger partial charge in [0.15, 0.2) is 11.5 Å². The summed E-state index contributed by atoms with van der Waals surface area (Å²) >= 11 is 1.44. The number of amides is 2. The molecule has 0 radical (unpaired) electrons. The van der Waals surface area contributed by atoms with Crippen LogP contribution in [0, 0.1) is 6.92 Å². The number of ether oxygens (including phenoxy) is 1. The molecule has 2 aromatic heterocycles. The van der Waals surface area contributed by atoms with Crippen LogP contribution in [0.4, 0.5) is 28.1 Å². The third-order valence-electron chi connectivity index (χ3n) is 5.22. The van der Waals surface area contributed by atoms with Gasteiger partial charge in [-0.15, -0.1) is 11.3 Å². The number of aromatic nitrogens is 3. The molecule has 2 amide bonds. The topological polar surface area (TPSA) is 113 Å². The summed E-state index contributed by atoms with van der Waals surface area (Å²) in [5.41, 5.74) is 2.09. The number of anilines is 5. The van der Waals surface area contributed by atoms with Crippen LogP contribution < -0.4 is 25.2 Å². The number of nitrogens with zero attached hydrogens (tertiary/aromatic N) is 5. The van der Waals surface area contributed by atoms with E-state index in [2.05, 4.69) is 20.6 Å². The highest BCUT2D eigenvalue weighted by Gasteiger charge is 2.35. The van der Waals surface area contributed by atoms with E-state index in [0.29, 0.717) is 40.1 Å². The van der Waals surface area contributed by atoms with Crippen LogP contribution in [0.25, 0.3) is 0 Å². The second-order valence-electron chi connectivity index (χ2n) is 7.74. The Balaban J connectivity index is 1.77. The third kappa shape index (κ3) is 3.95. The van der Waals surface area contributed by atoms with Gasteiger partial charge >= 0.3 is 0 Å². The van der Waals surface area contributed by atoms with Crippen molar-refractivity contribution in [3.8, 4) is 5.75 Å². The summed E-state index contributed by atoms with van der Waals surface area (Å²) in [4.78, 5) is 42.4. The molecule has 11 heteroatoms. The van der Waals surface area contributed by atoms with Gasteiger partial charge in [0.2, 0.25) is 5.95 Å². The minimum absolute atomic E-state index is 0.114. The van der Waals surface area contributed by atoms with Crippen molar-refractivity contribution in [1.29, 1.82) is 0 Å². The van der Waals surface area contributed by atoms with Crippen LogP contribution in [0.3, 0.4) is 0 Å². The highest BCUT2D eigenvalue weighted by atomic mass is 32.1. The summed E-state index contributed by atoms with van der Waals surface area (Å²) < 4.78 is 5.45. The minimum atomic E-state index is -0.211. The molecule has 0 aliphatic carbocycles. The van der Waals surface area contributed by atoms with Gasteiger partial charge in [0.25, 0.3) is 11.8 Å². The van der Waals surface area contributed by atoms with Crippen molar-refractivity contribution in [2.45, 2.75) is 26.8 Å². The van der Waals surface area contributed by atoms with Crippen LogP contribution >= 0.6 is 11.3 Å². The number of carbonyl (C=O) groups is 2. The average Bonchev–Trinajstić information content (AvgIpc) is 3.17. The first-order valence-electron chi connectivity index (χ1n) is 10.3. The maximum atomic E-state index is 13.3. The highest BCUT2D eigenvalue weighted by molar-refractivity contribution is 7.16. The van der Waals surface area contributed by atoms with Crippen LogP contribution in [0.15, 0.2) is 24.4 Å². The summed E-state index contributed by atoms with van der Waals surface area (Å²) in [7, 11) is 4.96. The van der Waals surface area contributed by atoms with Gasteiger partial charge in [-0.05, 0) is 39.0 Å². The number of fused-ring (bicyclic) bond motifs is 2. The molecule has 1 aliphatic heterocycles. The first-order valence-corrected chi connectivity index (χ1v) is 11.2. The van der Waals surface area contributed by atoms with Crippen LogP contribution in [-0.2, 0) is 0 Å². The van der Waals surface area contributed by atoms with Crippen molar-refractivity contribution in [2.24, 2.45) is 0 Å². The molecule has 2 N–H and O–H groups in total. The van der Waals surface area contributed by atoms with Crippen molar-refractivity contribution >= 4 is 51.3 Å². The van der Waals surface area contributed by atoms with Crippen LogP contribution in [0.5, 0.6) is 5.75 Å². The number of methoxy groups -OCH3 is 1. The van der Waals surface area contributed by atoms with Gasteiger partial charge in [0.1, 0.15) is 16.4 Å². The van der Waals surface area contributed by atoms with E-state index in [0.717, 1.165) is 10.0 Å². The van der Waals surface area contributed by atoms with E-state index >= 15 is 0 Å². The van der Waals surface area contributed by atoms with Crippen molar-refractivity contribution in [3.63, 3.8) is 0 Å². The maximum Gasteiger partial charge on any atom is 0.280 e. The van der Waals surface area contributed by atoms with Crippen molar-refractivity contribution in [2.75, 3.05) is 36.3 Å². The van der Waals surface area contributed by atoms with Gasteiger partial charge in [0.05, 0.1) is 24.0 Å². The molecule has 3 heterocycles. The number of thiazole rings is 1. The Hall–Kier alpha value is -3.73. The van der Waals surface area contributed by atoms with Gasteiger partial charge in [-0.2, -0.15) is 4.98 Å². The lowest BCUT2D eigenvalue weighted by atomic mass is 10.1. The molecule has 172 valence electrons. The molecular weight excluding hydrogens is 442 g/mol. The highest BCUT2D eigenvalue weighted by Crippen LogP contribution is 2.42. The molecule has 0 saturated heterocycles. The standard InChI is InChI=1S/C22H25N7O3S/c1-11(2)29-15-10-24-22(26-14-8-7-13(19(30)23-4)9-16(14)32-6)27-18(15)28(5)21-17(20(29)31)25-12(3)33-21/h7-11H,1-6H3,(H,23,30)(H,24,26,27). The molecule has 33 heavy (non-hydrogen) atoms. The van der Waals surface area contributed by atoms with E-state index in [1.54, 1.807) is 36.3 Å². The van der Waals surface area contributed by atoms with Crippen molar-refractivity contribution < 1.29 is 14.3 Å². The Morgan fingerprint density at radius 2 is 2.00 bits per heavy atom. The zero-order valence-corrected chi connectivity index (χ0v) is 20.1. The molecular formula is C22H25N7O3S. The number of aryl methyl sites for hydroxylation is 1. The average molecular weight is 468 g/mol. The van der Waals surface area contributed by atoms with E-state index in [4.69, 9.17) is 9.72 Å². The number of hydrogen-bond acceptors (Lipinski definition) is 9. The summed E-state index contributed by atoms with van der Waals surface area (Å²) in [6.45, 7) is 5.76. The van der Waals surface area contributed by atoms with Gasteiger partial charge in [-0.1, -0.05) is 0 Å². The van der Waals surface area contributed by atoms with Crippen LogP contribution in [0.2, 0.25) is 0 Å². The number of benzene rings is 1. The fourth-order valence-corrected chi connectivity index (χ4v) is 4.53. The van der Waals surface area contributed by atoms with E-state index in [-0.39, 0.29) is 17.9 Å². The molecule has 4 rings (SSSR count). The van der Waals surface area contributed by atoms with E-state index in [9.17, 15) is 9.59 Å². The number of carbonyl (C=O) groups excluding carboxylic acids is 2. The number of nitrogens with one attached hydrogen (secondary N) is 2. The predicted octanol–water partition coefficient (Wildman–Crippen LogP) is 3.49. The first kappa shape index (κ1) is 22.5. The summed E-state index contributed by atoms with van der Waals surface area (Å²) in [6.07, 6.45) is 1.63. The Morgan fingerprint density at radius 3 is 2.67 bits per heavy atom. The molecule has 0 saturated carbocycles. The second kappa shape index (κ2) is 8.66. The lowest BCUT2D eigenvalue weighted by molar-refractivity contribution is 0.0959. The molecule has 0 bridgehead atoms. The first-order chi connectivity index (χ1) is 15.7. The van der Waals surface area contributed by atoms with Crippen molar-refractivity contribution in [3.05, 3.63) is 40.7 Å². The number of hydrogen-bond donors (Lipinski definition) is 2. The fourth-order valence-electron chi connectivity index (χ4n) is 3.66. The van der Waals surface area contributed by atoms with Crippen LogP contribution in [-0.4, -0.2) is 54.0 Å². The van der Waals surface area contributed by atoms with Gasteiger partial charge < -0.3 is 20.3 Å². The second-order valence-corrected chi connectivity index (χ2v) is 8.92. The minimum Gasteiger partial charge on any atom is -0.495 e. The largest absolute Gasteiger partial charge is 0.495 e. The summed E-state index contributed by atoms with van der Waals surface area (Å²) in [6, 6.07) is 4.95. The molecule has 0 atom stereocenters. The normalized spacial score (nSPS) is 12.9. The molecule has 3 aromatic rings. The molecule has 10 nitrogen and oxygen atoms in total. The molecule has 0 spiro atoms. The van der Waals surface area contributed by atoms with E-state index < -0.39 is 0 Å². The van der Waals surface area contributed by atoms with Crippen LogP contribution in [0.1, 0.15) is 39.7 Å². The molecule has 1 aromatic carbocycles. The molecule has 1 aliphatic rings. The lowest BCUT2D eigenvalue weighted by Crippen LogP contribution is -2.37. The monoisotopic (exact) mass is 467 g/mol. The quantitative estimate of drug-likeness (QED) is 0.586. The zero-order chi connectivity index (χ0) is 23.9. The Kier molecular flexibility index (Phi) is 5.90. The fraction of sp³-hybridized carbons (Fsp3) is 0.318. The SMILES string of the molecule is CNC(=O)c1ccc(Nc2ncc3c(n2)N(C)c2sc(C)nc2C(=O)N3C(C)C)c(OC)c1. The molecule has 0 unspecified atom stereocenters. The predicted molar refractivity (Wildman–Crippen MR) is 129 cm³/mol. The maximum absolute atomic E-state index is 13.3. The van der Waals surface area contributed by atoms with E-state index in [1.807, 2.05) is 32.7 Å². The Labute approximate surface area is 195 Å². The Morgan fingerprint density at radius 1 is 1.24 bits per heavy atom. The van der Waals surface area contributed by atoms with Gasteiger partial charge in [-0.3, -0.25) is 14.5 Å². The molecule has 0 fully saturated rings. The smallest absolute Gasteiger partial charge is 0.280 e.